The van der Waals surface area contributed by atoms with Crippen LogP contribution in [0.3, 0.4) is 0 Å². The summed E-state index contributed by atoms with van der Waals surface area (Å²) in [6.45, 7) is 10.4. The Morgan fingerprint density at radius 2 is 0.953 bits per heavy atom. The molecule has 0 heterocycles. The highest BCUT2D eigenvalue weighted by Crippen LogP contribution is 2.47. The molecule has 0 unspecified atom stereocenters. The third kappa shape index (κ3) is 5.49. The summed E-state index contributed by atoms with van der Waals surface area (Å²) in [5.74, 6) is -0.540. The van der Waals surface area contributed by atoms with Crippen LogP contribution < -0.4 is 4.74 Å². The van der Waals surface area contributed by atoms with Gasteiger partial charge in [-0.2, -0.15) is 0 Å². The van der Waals surface area contributed by atoms with E-state index >= 15 is 0 Å². The summed E-state index contributed by atoms with van der Waals surface area (Å²) in [5.41, 5.74) is 9.91. The molecule has 0 saturated heterocycles. The second-order valence-electron chi connectivity index (χ2n) is 11.1. The largest absolute Gasteiger partial charge is 0.465 e. The highest BCUT2D eigenvalue weighted by Gasteiger charge is 2.39. The first-order valence-corrected chi connectivity index (χ1v) is 14.4. The molecule has 4 heteroatoms. The van der Waals surface area contributed by atoms with E-state index in [-0.39, 0.29) is 5.56 Å². The summed E-state index contributed by atoms with van der Waals surface area (Å²) >= 11 is 0. The Morgan fingerprint density at radius 1 is 0.512 bits per heavy atom. The third-order valence-corrected chi connectivity index (χ3v) is 8.38. The minimum Gasteiger partial charge on any atom is -0.465 e. The van der Waals surface area contributed by atoms with Gasteiger partial charge in [0.25, 0.3) is 0 Å². The Kier molecular flexibility index (Phi) is 8.31. The predicted octanol–water partition coefficient (Wildman–Crippen LogP) is 8.62. The van der Waals surface area contributed by atoms with Crippen molar-refractivity contribution in [2.45, 2.75) is 40.0 Å². The van der Waals surface area contributed by atoms with Crippen molar-refractivity contribution in [3.05, 3.63) is 170 Å². The van der Waals surface area contributed by atoms with Gasteiger partial charge >= 0.3 is 11.9 Å². The lowest BCUT2D eigenvalue weighted by molar-refractivity contribution is 0.0600. The normalized spacial score (nSPS) is 11.2. The number of aryl methyl sites for hydroxylation is 4. The lowest BCUT2D eigenvalue weighted by Gasteiger charge is -2.38. The number of hydrogen-bond acceptors (Lipinski definition) is 4. The van der Waals surface area contributed by atoms with E-state index in [1.807, 2.05) is 26.0 Å². The molecular formula is C39H36O4. The molecule has 0 aromatic heterocycles. The maximum Gasteiger partial charge on any atom is 0.343 e. The van der Waals surface area contributed by atoms with E-state index in [2.05, 4.69) is 93.6 Å². The topological polar surface area (TPSA) is 52.6 Å². The minimum absolute atomic E-state index is 0.277. The van der Waals surface area contributed by atoms with Gasteiger partial charge in [-0.05, 0) is 103 Å². The second kappa shape index (κ2) is 12.1. The Labute approximate surface area is 253 Å². The van der Waals surface area contributed by atoms with Crippen molar-refractivity contribution in [3.63, 3.8) is 0 Å². The van der Waals surface area contributed by atoms with Crippen molar-refractivity contribution >= 4 is 11.9 Å². The predicted molar refractivity (Wildman–Crippen MR) is 171 cm³/mol. The summed E-state index contributed by atoms with van der Waals surface area (Å²) in [6.07, 6.45) is 0. The number of ether oxygens (including phenoxy) is 2. The van der Waals surface area contributed by atoms with Crippen molar-refractivity contribution in [2.24, 2.45) is 0 Å². The summed E-state index contributed by atoms with van der Waals surface area (Å²) in [7, 11) is 1.31. The molecule has 4 nitrogen and oxygen atoms in total. The van der Waals surface area contributed by atoms with Crippen LogP contribution in [0.2, 0.25) is 0 Å². The van der Waals surface area contributed by atoms with Gasteiger partial charge in [-0.25, -0.2) is 9.59 Å². The molecule has 0 aliphatic carbocycles. The van der Waals surface area contributed by atoms with Gasteiger partial charge in [-0.15, -0.1) is 0 Å². The van der Waals surface area contributed by atoms with E-state index in [1.165, 1.54) is 35.4 Å². The van der Waals surface area contributed by atoms with E-state index in [0.29, 0.717) is 11.3 Å². The van der Waals surface area contributed by atoms with Crippen LogP contribution in [0.4, 0.5) is 0 Å². The molecule has 0 N–H and O–H groups in total. The number of methoxy groups -OCH3 is 1. The monoisotopic (exact) mass is 568 g/mol. The standard InChI is InChI=1S/C39H36O4/c1-25-20-34(21-26(2)29(25)5)39(32-16-9-7-10-17-32,33-18-11-8-12-19-33)35-22-27(3)36(28(4)23-35)43-38(41)31-15-13-14-30(24-31)37(40)42-6/h7-24H,1-6H3. The molecule has 0 bridgehead atoms. The van der Waals surface area contributed by atoms with Crippen LogP contribution in [0.5, 0.6) is 5.75 Å². The molecule has 0 fully saturated rings. The zero-order chi connectivity index (χ0) is 30.7. The van der Waals surface area contributed by atoms with Gasteiger partial charge < -0.3 is 9.47 Å². The number of rotatable bonds is 7. The zero-order valence-corrected chi connectivity index (χ0v) is 25.5. The molecule has 0 saturated carbocycles. The molecule has 43 heavy (non-hydrogen) atoms. The van der Waals surface area contributed by atoms with Gasteiger partial charge in [0.15, 0.2) is 0 Å². The molecule has 5 rings (SSSR count). The maximum atomic E-state index is 13.3. The minimum atomic E-state index is -0.626. The highest BCUT2D eigenvalue weighted by molar-refractivity contribution is 5.96. The Bertz CT molecular complexity index is 1720. The van der Waals surface area contributed by atoms with Crippen LogP contribution in [-0.2, 0) is 10.2 Å². The number of hydrogen-bond donors (Lipinski definition) is 0. The van der Waals surface area contributed by atoms with Crippen molar-refractivity contribution in [1.82, 2.24) is 0 Å². The fraction of sp³-hybridized carbons (Fsp3) is 0.179. The van der Waals surface area contributed by atoms with Crippen LogP contribution in [0.1, 0.15) is 70.8 Å². The average molecular weight is 569 g/mol. The van der Waals surface area contributed by atoms with Gasteiger partial charge in [0.1, 0.15) is 5.75 Å². The number of benzene rings is 5. The third-order valence-electron chi connectivity index (χ3n) is 8.38. The fourth-order valence-electron chi connectivity index (χ4n) is 6.00. The van der Waals surface area contributed by atoms with Gasteiger partial charge in [-0.1, -0.05) is 91.0 Å². The maximum absolute atomic E-state index is 13.3. The van der Waals surface area contributed by atoms with Gasteiger partial charge in [-0.3, -0.25) is 0 Å². The molecule has 0 spiro atoms. The van der Waals surface area contributed by atoms with Gasteiger partial charge in [0.2, 0.25) is 0 Å². The van der Waals surface area contributed by atoms with Crippen LogP contribution in [-0.4, -0.2) is 19.0 Å². The molecule has 0 aliphatic rings. The van der Waals surface area contributed by atoms with E-state index in [4.69, 9.17) is 9.47 Å². The van der Waals surface area contributed by atoms with Crippen LogP contribution in [0, 0.1) is 34.6 Å². The van der Waals surface area contributed by atoms with Crippen molar-refractivity contribution in [2.75, 3.05) is 7.11 Å². The lowest BCUT2D eigenvalue weighted by Crippen LogP contribution is -2.31. The van der Waals surface area contributed by atoms with Crippen LogP contribution >= 0.6 is 0 Å². The van der Waals surface area contributed by atoms with Crippen molar-refractivity contribution < 1.29 is 19.1 Å². The molecule has 5 aromatic rings. The fourth-order valence-corrected chi connectivity index (χ4v) is 6.00. The quantitative estimate of drug-likeness (QED) is 0.112. The average Bonchev–Trinajstić information content (AvgIpc) is 3.02. The first kappa shape index (κ1) is 29.5. The number of carbonyl (C=O) groups is 2. The van der Waals surface area contributed by atoms with Crippen LogP contribution in [0.15, 0.2) is 109 Å². The summed E-state index contributed by atoms with van der Waals surface area (Å²) in [6, 6.07) is 36.4. The number of carbonyl (C=O) groups excluding carboxylic acids is 2. The van der Waals surface area contributed by atoms with Gasteiger partial charge in [0.05, 0.1) is 23.7 Å². The lowest BCUT2D eigenvalue weighted by atomic mass is 9.64. The van der Waals surface area contributed by atoms with E-state index in [9.17, 15) is 9.59 Å². The highest BCUT2D eigenvalue weighted by atomic mass is 16.5. The summed E-state index contributed by atoms with van der Waals surface area (Å²) in [4.78, 5) is 25.3. The van der Waals surface area contributed by atoms with Gasteiger partial charge in [0, 0.05) is 0 Å². The van der Waals surface area contributed by atoms with Crippen molar-refractivity contribution in [3.8, 4) is 5.75 Å². The SMILES string of the molecule is COC(=O)c1cccc(C(=O)Oc2c(C)cc(C(c3ccccc3)(c3ccccc3)c3cc(C)c(C)c(C)c3)cc2C)c1. The molecule has 0 atom stereocenters. The Morgan fingerprint density at radius 3 is 1.42 bits per heavy atom. The van der Waals surface area contributed by atoms with E-state index in [0.717, 1.165) is 27.8 Å². The Hall–Kier alpha value is -4.96. The first-order valence-electron chi connectivity index (χ1n) is 14.4. The molecule has 5 aromatic carbocycles. The number of esters is 2. The molecule has 0 amide bonds. The first-order chi connectivity index (χ1) is 20.7. The summed E-state index contributed by atoms with van der Waals surface area (Å²) < 4.78 is 10.8. The van der Waals surface area contributed by atoms with E-state index < -0.39 is 17.4 Å². The molecule has 216 valence electrons. The van der Waals surface area contributed by atoms with E-state index in [1.54, 1.807) is 18.2 Å². The summed E-state index contributed by atoms with van der Waals surface area (Å²) in [5, 5.41) is 0. The molecule has 0 radical (unpaired) electrons. The Balaban J connectivity index is 1.70. The van der Waals surface area contributed by atoms with Crippen molar-refractivity contribution in [1.29, 1.82) is 0 Å². The smallest absolute Gasteiger partial charge is 0.343 e. The van der Waals surface area contributed by atoms with Crippen LogP contribution in [0.25, 0.3) is 0 Å². The molecule has 0 aliphatic heterocycles. The molecular weight excluding hydrogens is 532 g/mol. The second-order valence-corrected chi connectivity index (χ2v) is 11.1. The zero-order valence-electron chi connectivity index (χ0n) is 25.5.